The van der Waals surface area contributed by atoms with E-state index in [0.717, 1.165) is 42.0 Å². The van der Waals surface area contributed by atoms with E-state index in [4.69, 9.17) is 9.47 Å². The smallest absolute Gasteiger partial charge is 0.307 e. The average molecular weight is 369 g/mol. The number of hydrogen-bond acceptors (Lipinski definition) is 4. The van der Waals surface area contributed by atoms with E-state index in [0.29, 0.717) is 13.2 Å². The van der Waals surface area contributed by atoms with Gasteiger partial charge in [-0.1, -0.05) is 24.3 Å². The van der Waals surface area contributed by atoms with Crippen LogP contribution in [-0.2, 0) is 4.79 Å². The van der Waals surface area contributed by atoms with Gasteiger partial charge in [-0.2, -0.15) is 0 Å². The minimum Gasteiger partial charge on any atom is -0.497 e. The lowest BCUT2D eigenvalue weighted by Gasteiger charge is -2.37. The first-order valence-electron chi connectivity index (χ1n) is 9.46. The molecule has 1 fully saturated rings. The number of nitrogens with zero attached hydrogens (tertiary/aromatic N) is 1. The van der Waals surface area contributed by atoms with Gasteiger partial charge in [0.15, 0.2) is 0 Å². The van der Waals surface area contributed by atoms with Gasteiger partial charge in [-0.15, -0.1) is 0 Å². The third-order valence-corrected chi connectivity index (χ3v) is 5.08. The number of methoxy groups -OCH3 is 1. The van der Waals surface area contributed by atoms with Crippen LogP contribution in [0.25, 0.3) is 0 Å². The van der Waals surface area contributed by atoms with E-state index in [2.05, 4.69) is 23.1 Å². The van der Waals surface area contributed by atoms with Gasteiger partial charge in [0.1, 0.15) is 11.5 Å². The van der Waals surface area contributed by atoms with Gasteiger partial charge in [-0.05, 0) is 61.7 Å². The van der Waals surface area contributed by atoms with Crippen molar-refractivity contribution in [3.63, 3.8) is 0 Å². The SMILES string of the molecule is CCOc1ccc(C(c2cccc(OC)c2)N2CCCC(C(=O)O)C2)cc1. The molecule has 0 aliphatic carbocycles. The number of carboxylic acids is 1. The Kier molecular flexibility index (Phi) is 6.35. The van der Waals surface area contributed by atoms with E-state index < -0.39 is 5.97 Å². The van der Waals surface area contributed by atoms with Crippen molar-refractivity contribution in [2.45, 2.75) is 25.8 Å². The molecule has 0 aromatic heterocycles. The second-order valence-electron chi connectivity index (χ2n) is 6.85. The molecule has 144 valence electrons. The van der Waals surface area contributed by atoms with E-state index in [1.54, 1.807) is 7.11 Å². The number of likely N-dealkylation sites (tertiary alicyclic amines) is 1. The van der Waals surface area contributed by atoms with Crippen molar-refractivity contribution in [2.75, 3.05) is 26.8 Å². The molecule has 2 aromatic carbocycles. The molecule has 1 N–H and O–H groups in total. The minimum absolute atomic E-state index is 0.0158. The number of piperidine rings is 1. The number of carboxylic acid groups (broad SMARTS) is 1. The highest BCUT2D eigenvalue weighted by atomic mass is 16.5. The maximum Gasteiger partial charge on any atom is 0.307 e. The van der Waals surface area contributed by atoms with Crippen molar-refractivity contribution in [1.29, 1.82) is 0 Å². The zero-order valence-electron chi connectivity index (χ0n) is 15.9. The summed E-state index contributed by atoms with van der Waals surface area (Å²) in [6, 6.07) is 16.1. The second-order valence-corrected chi connectivity index (χ2v) is 6.85. The lowest BCUT2D eigenvalue weighted by Crippen LogP contribution is -2.41. The van der Waals surface area contributed by atoms with Gasteiger partial charge in [-0.25, -0.2) is 0 Å². The topological polar surface area (TPSA) is 59.0 Å². The van der Waals surface area contributed by atoms with Crippen molar-refractivity contribution >= 4 is 5.97 Å². The Labute approximate surface area is 160 Å². The summed E-state index contributed by atoms with van der Waals surface area (Å²) in [5, 5.41) is 9.49. The van der Waals surface area contributed by atoms with Crippen LogP contribution in [0, 0.1) is 5.92 Å². The van der Waals surface area contributed by atoms with Crippen LogP contribution in [-0.4, -0.2) is 42.8 Å². The third-order valence-electron chi connectivity index (χ3n) is 5.08. The maximum absolute atomic E-state index is 11.5. The van der Waals surface area contributed by atoms with Crippen molar-refractivity contribution in [2.24, 2.45) is 5.92 Å². The zero-order chi connectivity index (χ0) is 19.2. The molecule has 27 heavy (non-hydrogen) atoms. The number of rotatable bonds is 7. The van der Waals surface area contributed by atoms with E-state index in [1.807, 2.05) is 37.3 Å². The highest BCUT2D eigenvalue weighted by Gasteiger charge is 2.31. The second kappa shape index (κ2) is 8.91. The van der Waals surface area contributed by atoms with Gasteiger partial charge >= 0.3 is 5.97 Å². The van der Waals surface area contributed by atoms with Crippen LogP contribution >= 0.6 is 0 Å². The summed E-state index contributed by atoms with van der Waals surface area (Å²) < 4.78 is 11.0. The van der Waals surface area contributed by atoms with Crippen molar-refractivity contribution in [3.8, 4) is 11.5 Å². The maximum atomic E-state index is 11.5. The molecule has 1 aliphatic heterocycles. The van der Waals surface area contributed by atoms with Crippen LogP contribution in [0.15, 0.2) is 48.5 Å². The first-order chi connectivity index (χ1) is 13.1. The molecule has 1 aliphatic rings. The van der Waals surface area contributed by atoms with Gasteiger partial charge in [0, 0.05) is 6.54 Å². The van der Waals surface area contributed by atoms with Crippen LogP contribution in [0.1, 0.15) is 36.9 Å². The van der Waals surface area contributed by atoms with Crippen molar-refractivity contribution in [1.82, 2.24) is 4.90 Å². The Morgan fingerprint density at radius 3 is 2.63 bits per heavy atom. The van der Waals surface area contributed by atoms with Crippen LogP contribution in [0.4, 0.5) is 0 Å². The minimum atomic E-state index is -0.712. The largest absolute Gasteiger partial charge is 0.497 e. The predicted octanol–water partition coefficient (Wildman–Crippen LogP) is 3.98. The fraction of sp³-hybridized carbons (Fsp3) is 0.409. The van der Waals surface area contributed by atoms with Gasteiger partial charge in [0.2, 0.25) is 0 Å². The summed E-state index contributed by atoms with van der Waals surface area (Å²) in [7, 11) is 1.66. The quantitative estimate of drug-likeness (QED) is 0.800. The van der Waals surface area contributed by atoms with E-state index >= 15 is 0 Å². The third kappa shape index (κ3) is 4.61. The van der Waals surface area contributed by atoms with E-state index in [1.165, 1.54) is 0 Å². The monoisotopic (exact) mass is 369 g/mol. The molecule has 2 aromatic rings. The van der Waals surface area contributed by atoms with Gasteiger partial charge in [0.25, 0.3) is 0 Å². The Bertz CT molecular complexity index is 759. The molecule has 1 heterocycles. The molecule has 2 atom stereocenters. The first-order valence-corrected chi connectivity index (χ1v) is 9.46. The fourth-order valence-electron chi connectivity index (χ4n) is 3.78. The Morgan fingerprint density at radius 1 is 1.19 bits per heavy atom. The van der Waals surface area contributed by atoms with Crippen LogP contribution in [0.5, 0.6) is 11.5 Å². The number of carbonyl (C=O) groups is 1. The Morgan fingerprint density at radius 2 is 1.96 bits per heavy atom. The molecule has 1 saturated heterocycles. The molecular weight excluding hydrogens is 342 g/mol. The molecule has 0 bridgehead atoms. The van der Waals surface area contributed by atoms with Crippen LogP contribution < -0.4 is 9.47 Å². The van der Waals surface area contributed by atoms with Gasteiger partial charge in [-0.3, -0.25) is 9.69 Å². The number of benzene rings is 2. The Balaban J connectivity index is 1.96. The van der Waals surface area contributed by atoms with Crippen molar-refractivity contribution < 1.29 is 19.4 Å². The number of hydrogen-bond donors (Lipinski definition) is 1. The van der Waals surface area contributed by atoms with E-state index in [9.17, 15) is 9.90 Å². The van der Waals surface area contributed by atoms with E-state index in [-0.39, 0.29) is 12.0 Å². The first kappa shape index (κ1) is 19.2. The van der Waals surface area contributed by atoms with Gasteiger partial charge in [0.05, 0.1) is 25.7 Å². The molecule has 2 unspecified atom stereocenters. The summed E-state index contributed by atoms with van der Waals surface area (Å²) in [5.74, 6) is 0.605. The standard InChI is InChI=1S/C22H27NO4/c1-3-27-19-11-9-16(10-12-19)21(17-6-4-8-20(14-17)26-2)23-13-5-7-18(15-23)22(24)25/h4,6,8-12,14,18,21H,3,5,7,13,15H2,1-2H3,(H,24,25). The summed E-state index contributed by atoms with van der Waals surface area (Å²) in [5.41, 5.74) is 2.22. The summed E-state index contributed by atoms with van der Waals surface area (Å²) in [4.78, 5) is 13.8. The molecule has 5 heteroatoms. The summed E-state index contributed by atoms with van der Waals surface area (Å²) >= 11 is 0. The van der Waals surface area contributed by atoms with Crippen molar-refractivity contribution in [3.05, 3.63) is 59.7 Å². The molecule has 0 radical (unpaired) electrons. The number of aliphatic carboxylic acids is 1. The summed E-state index contributed by atoms with van der Waals surface area (Å²) in [6.45, 7) is 4.01. The average Bonchev–Trinajstić information content (AvgIpc) is 2.70. The lowest BCUT2D eigenvalue weighted by atomic mass is 9.91. The molecule has 5 nitrogen and oxygen atoms in total. The lowest BCUT2D eigenvalue weighted by molar-refractivity contribution is -0.143. The molecule has 0 spiro atoms. The highest BCUT2D eigenvalue weighted by Crippen LogP contribution is 2.34. The van der Waals surface area contributed by atoms with Crippen LogP contribution in [0.2, 0.25) is 0 Å². The molecule has 0 amide bonds. The van der Waals surface area contributed by atoms with Gasteiger partial charge < -0.3 is 14.6 Å². The number of ether oxygens (including phenoxy) is 2. The predicted molar refractivity (Wildman–Crippen MR) is 104 cm³/mol. The summed E-state index contributed by atoms with van der Waals surface area (Å²) in [6.07, 6.45) is 1.62. The zero-order valence-corrected chi connectivity index (χ0v) is 15.9. The fourth-order valence-corrected chi connectivity index (χ4v) is 3.78. The molecule has 0 saturated carbocycles. The normalized spacial score (nSPS) is 18.7. The molecular formula is C22H27NO4. The van der Waals surface area contributed by atoms with Crippen LogP contribution in [0.3, 0.4) is 0 Å². The molecule has 3 rings (SSSR count). The highest BCUT2D eigenvalue weighted by molar-refractivity contribution is 5.70. The Hall–Kier alpha value is -2.53.